The molecule has 2 aromatic heterocycles. The van der Waals surface area contributed by atoms with Gasteiger partial charge in [0.25, 0.3) is 0 Å². The van der Waals surface area contributed by atoms with Crippen molar-refractivity contribution in [3.8, 4) is 17.3 Å². The number of nitrogens with zero attached hydrogens (tertiary/aromatic N) is 4. The molecule has 3 heterocycles. The number of furan rings is 1. The Morgan fingerprint density at radius 2 is 2.04 bits per heavy atom. The van der Waals surface area contributed by atoms with Gasteiger partial charge in [-0.25, -0.2) is 4.79 Å². The van der Waals surface area contributed by atoms with Gasteiger partial charge in [-0.3, -0.25) is 14.3 Å². The predicted octanol–water partition coefficient (Wildman–Crippen LogP) is 2.17. The molecule has 1 aliphatic rings. The molecule has 9 heteroatoms. The number of carbonyl (C=O) groups is 2. The quantitative estimate of drug-likeness (QED) is 0.693. The number of amides is 3. The van der Waals surface area contributed by atoms with E-state index >= 15 is 0 Å². The fourth-order valence-corrected chi connectivity index (χ4v) is 3.48. The Balaban J connectivity index is 1.62. The molecule has 3 amide bonds. The maximum Gasteiger partial charge on any atom is 0.324 e. The molecule has 0 aliphatic carbocycles. The predicted molar refractivity (Wildman–Crippen MR) is 94.9 cm³/mol. The van der Waals surface area contributed by atoms with Crippen molar-refractivity contribution in [1.29, 1.82) is 0 Å². The van der Waals surface area contributed by atoms with E-state index in [1.54, 1.807) is 18.4 Å². The van der Waals surface area contributed by atoms with Crippen molar-refractivity contribution in [1.82, 2.24) is 25.0 Å². The van der Waals surface area contributed by atoms with Crippen LogP contribution in [0.5, 0.6) is 0 Å². The third-order valence-corrected chi connectivity index (χ3v) is 4.79. The molecule has 0 unspecified atom stereocenters. The van der Waals surface area contributed by atoms with E-state index in [9.17, 15) is 9.59 Å². The minimum Gasteiger partial charge on any atom is -0.461 e. The Hall–Kier alpha value is -3.07. The number of nitrogens with one attached hydrogen (secondary N) is 1. The SMILES string of the molecule is O=C(CSc1nnc(-c2ccco2)n1-c1ccccc1)N1CCNC1=O. The first kappa shape index (κ1) is 16.4. The van der Waals surface area contributed by atoms with Crippen molar-refractivity contribution < 1.29 is 14.0 Å². The second kappa shape index (κ2) is 7.04. The molecule has 3 aromatic rings. The minimum absolute atomic E-state index is 0.0938. The van der Waals surface area contributed by atoms with Crippen molar-refractivity contribution >= 4 is 23.7 Å². The summed E-state index contributed by atoms with van der Waals surface area (Å²) in [5.74, 6) is 0.969. The molecule has 1 fully saturated rings. The Morgan fingerprint density at radius 3 is 2.73 bits per heavy atom. The lowest BCUT2D eigenvalue weighted by atomic mass is 10.3. The first-order chi connectivity index (χ1) is 12.7. The Kier molecular flexibility index (Phi) is 4.44. The summed E-state index contributed by atoms with van der Waals surface area (Å²) in [6, 6.07) is 12.8. The summed E-state index contributed by atoms with van der Waals surface area (Å²) in [6.45, 7) is 0.874. The average molecular weight is 369 g/mol. The second-order valence-electron chi connectivity index (χ2n) is 5.52. The highest BCUT2D eigenvalue weighted by molar-refractivity contribution is 7.99. The zero-order valence-electron chi connectivity index (χ0n) is 13.7. The maximum atomic E-state index is 12.3. The third kappa shape index (κ3) is 3.08. The lowest BCUT2D eigenvalue weighted by molar-refractivity contribution is -0.124. The first-order valence-electron chi connectivity index (χ1n) is 8.00. The van der Waals surface area contributed by atoms with Crippen LogP contribution >= 0.6 is 11.8 Å². The topological polar surface area (TPSA) is 93.3 Å². The van der Waals surface area contributed by atoms with Crippen LogP contribution in [-0.2, 0) is 4.79 Å². The van der Waals surface area contributed by atoms with Gasteiger partial charge in [-0.05, 0) is 24.3 Å². The van der Waals surface area contributed by atoms with E-state index in [2.05, 4.69) is 15.5 Å². The molecule has 132 valence electrons. The van der Waals surface area contributed by atoms with Crippen LogP contribution in [0, 0.1) is 0 Å². The van der Waals surface area contributed by atoms with Gasteiger partial charge in [0.15, 0.2) is 10.9 Å². The lowest BCUT2D eigenvalue weighted by Crippen LogP contribution is -2.35. The summed E-state index contributed by atoms with van der Waals surface area (Å²) in [5.41, 5.74) is 0.859. The number of benzene rings is 1. The highest BCUT2D eigenvalue weighted by Gasteiger charge is 2.27. The monoisotopic (exact) mass is 369 g/mol. The number of hydrogen-bond acceptors (Lipinski definition) is 6. The van der Waals surface area contributed by atoms with Crippen LogP contribution in [0.4, 0.5) is 4.79 Å². The summed E-state index contributed by atoms with van der Waals surface area (Å²) in [6.07, 6.45) is 1.57. The molecule has 0 radical (unpaired) electrons. The second-order valence-corrected chi connectivity index (χ2v) is 6.46. The number of thioether (sulfide) groups is 1. The first-order valence-corrected chi connectivity index (χ1v) is 8.98. The van der Waals surface area contributed by atoms with E-state index in [1.807, 2.05) is 34.9 Å². The standard InChI is InChI=1S/C17H15N5O3S/c23-14(21-9-8-18-16(21)24)11-26-17-20-19-15(13-7-4-10-25-13)22(17)12-5-2-1-3-6-12/h1-7,10H,8-9,11H2,(H,18,24). The Labute approximate surface area is 153 Å². The van der Waals surface area contributed by atoms with Crippen molar-refractivity contribution in [2.75, 3.05) is 18.8 Å². The third-order valence-electron chi connectivity index (χ3n) is 3.87. The molecule has 0 saturated carbocycles. The van der Waals surface area contributed by atoms with Gasteiger partial charge in [0.05, 0.1) is 12.0 Å². The van der Waals surface area contributed by atoms with E-state index in [1.165, 1.54) is 16.7 Å². The van der Waals surface area contributed by atoms with Gasteiger partial charge in [-0.1, -0.05) is 30.0 Å². The molecule has 0 bridgehead atoms. The molecular weight excluding hydrogens is 354 g/mol. The summed E-state index contributed by atoms with van der Waals surface area (Å²) < 4.78 is 7.29. The van der Waals surface area contributed by atoms with Crippen molar-refractivity contribution in [3.63, 3.8) is 0 Å². The average Bonchev–Trinajstić information content (AvgIpc) is 3.40. The van der Waals surface area contributed by atoms with E-state index in [0.717, 1.165) is 5.69 Å². The number of urea groups is 1. The number of rotatable bonds is 5. The van der Waals surface area contributed by atoms with E-state index in [-0.39, 0.29) is 17.7 Å². The van der Waals surface area contributed by atoms with Gasteiger partial charge in [0.2, 0.25) is 11.7 Å². The molecule has 1 aromatic carbocycles. The van der Waals surface area contributed by atoms with E-state index in [4.69, 9.17) is 4.42 Å². The zero-order valence-corrected chi connectivity index (χ0v) is 14.5. The maximum absolute atomic E-state index is 12.3. The fourth-order valence-electron chi connectivity index (χ4n) is 2.65. The molecule has 26 heavy (non-hydrogen) atoms. The number of hydrogen-bond donors (Lipinski definition) is 1. The molecule has 1 saturated heterocycles. The van der Waals surface area contributed by atoms with E-state index in [0.29, 0.717) is 29.8 Å². The largest absolute Gasteiger partial charge is 0.461 e. The lowest BCUT2D eigenvalue weighted by Gasteiger charge is -2.12. The normalized spacial score (nSPS) is 13.8. The highest BCUT2D eigenvalue weighted by atomic mass is 32.2. The van der Waals surface area contributed by atoms with Crippen molar-refractivity contribution in [2.24, 2.45) is 0 Å². The molecule has 0 atom stereocenters. The number of carbonyl (C=O) groups excluding carboxylic acids is 2. The Morgan fingerprint density at radius 1 is 1.19 bits per heavy atom. The summed E-state index contributed by atoms with van der Waals surface area (Å²) in [4.78, 5) is 25.1. The van der Waals surface area contributed by atoms with Gasteiger partial charge in [-0.2, -0.15) is 0 Å². The van der Waals surface area contributed by atoms with Gasteiger partial charge >= 0.3 is 6.03 Å². The minimum atomic E-state index is -0.351. The summed E-state index contributed by atoms with van der Waals surface area (Å²) in [5, 5.41) is 11.6. The van der Waals surface area contributed by atoms with Crippen LogP contribution in [0.15, 0.2) is 58.3 Å². The molecule has 1 aliphatic heterocycles. The molecule has 1 N–H and O–H groups in total. The van der Waals surface area contributed by atoms with Crippen LogP contribution in [0.3, 0.4) is 0 Å². The molecule has 8 nitrogen and oxygen atoms in total. The molecule has 4 rings (SSSR count). The van der Waals surface area contributed by atoms with Gasteiger partial charge in [-0.15, -0.1) is 10.2 Å². The Bertz CT molecular complexity index is 923. The van der Waals surface area contributed by atoms with Crippen molar-refractivity contribution in [2.45, 2.75) is 5.16 Å². The summed E-state index contributed by atoms with van der Waals surface area (Å²) >= 11 is 1.23. The smallest absolute Gasteiger partial charge is 0.324 e. The van der Waals surface area contributed by atoms with Crippen LogP contribution < -0.4 is 5.32 Å². The number of para-hydroxylation sites is 1. The zero-order chi connectivity index (χ0) is 17.9. The van der Waals surface area contributed by atoms with Crippen LogP contribution in [0.2, 0.25) is 0 Å². The number of aromatic nitrogens is 3. The highest BCUT2D eigenvalue weighted by Crippen LogP contribution is 2.28. The fraction of sp³-hybridized carbons (Fsp3) is 0.176. The summed E-state index contributed by atoms with van der Waals surface area (Å²) in [7, 11) is 0. The van der Waals surface area contributed by atoms with Gasteiger partial charge in [0, 0.05) is 18.8 Å². The molecule has 0 spiro atoms. The van der Waals surface area contributed by atoms with Gasteiger partial charge < -0.3 is 9.73 Å². The van der Waals surface area contributed by atoms with Crippen LogP contribution in [0.1, 0.15) is 0 Å². The van der Waals surface area contributed by atoms with Crippen LogP contribution in [0.25, 0.3) is 17.3 Å². The van der Waals surface area contributed by atoms with E-state index < -0.39 is 0 Å². The molecular formula is C17H15N5O3S. The van der Waals surface area contributed by atoms with Crippen molar-refractivity contribution in [3.05, 3.63) is 48.7 Å². The number of imide groups is 1. The van der Waals surface area contributed by atoms with Gasteiger partial charge in [0.1, 0.15) is 0 Å². The van der Waals surface area contributed by atoms with Crippen LogP contribution in [-0.4, -0.2) is 50.4 Å².